The standard InChI is InChI=1S/C19H16FN3O3/c20-14-2-1-3-17(12-14)25-11-9-18(24)23-15-4-6-16(7-5-15)26-19-8-10-21-13-22-19/h1-8,10,12-13H,9,11H2,(H,23,24). The molecule has 3 aromatic rings. The van der Waals surface area contributed by atoms with E-state index in [4.69, 9.17) is 9.47 Å². The van der Waals surface area contributed by atoms with E-state index in [2.05, 4.69) is 15.3 Å². The van der Waals surface area contributed by atoms with Crippen LogP contribution in [0.5, 0.6) is 17.4 Å². The lowest BCUT2D eigenvalue weighted by Crippen LogP contribution is -2.15. The summed E-state index contributed by atoms with van der Waals surface area (Å²) in [4.78, 5) is 19.7. The van der Waals surface area contributed by atoms with Crippen molar-refractivity contribution in [2.75, 3.05) is 11.9 Å². The lowest BCUT2D eigenvalue weighted by Gasteiger charge is -2.08. The van der Waals surface area contributed by atoms with Crippen LogP contribution < -0.4 is 14.8 Å². The number of hydrogen-bond acceptors (Lipinski definition) is 5. The summed E-state index contributed by atoms with van der Waals surface area (Å²) in [5.74, 6) is 0.841. The summed E-state index contributed by atoms with van der Waals surface area (Å²) in [7, 11) is 0. The minimum Gasteiger partial charge on any atom is -0.493 e. The Morgan fingerprint density at radius 3 is 2.65 bits per heavy atom. The van der Waals surface area contributed by atoms with Gasteiger partial charge in [-0.3, -0.25) is 4.79 Å². The average Bonchev–Trinajstić information content (AvgIpc) is 2.64. The van der Waals surface area contributed by atoms with Gasteiger partial charge >= 0.3 is 0 Å². The van der Waals surface area contributed by atoms with E-state index in [0.29, 0.717) is 23.1 Å². The first-order valence-corrected chi connectivity index (χ1v) is 7.91. The fraction of sp³-hybridized carbons (Fsp3) is 0.105. The normalized spacial score (nSPS) is 10.2. The largest absolute Gasteiger partial charge is 0.493 e. The SMILES string of the molecule is O=C(CCOc1cccc(F)c1)Nc1ccc(Oc2ccncn2)cc1. The first-order chi connectivity index (χ1) is 12.7. The van der Waals surface area contributed by atoms with Crippen LogP contribution in [0.1, 0.15) is 6.42 Å². The summed E-state index contributed by atoms with van der Waals surface area (Å²) in [5.41, 5.74) is 0.635. The maximum absolute atomic E-state index is 13.0. The minimum absolute atomic E-state index is 0.149. The van der Waals surface area contributed by atoms with Gasteiger partial charge in [-0.2, -0.15) is 0 Å². The maximum Gasteiger partial charge on any atom is 0.227 e. The van der Waals surface area contributed by atoms with Crippen molar-refractivity contribution in [3.63, 3.8) is 0 Å². The Morgan fingerprint density at radius 1 is 1.08 bits per heavy atom. The van der Waals surface area contributed by atoms with Crippen molar-refractivity contribution < 1.29 is 18.7 Å². The fourth-order valence-corrected chi connectivity index (χ4v) is 2.11. The van der Waals surface area contributed by atoms with Crippen molar-refractivity contribution in [2.24, 2.45) is 0 Å². The Bertz CT molecular complexity index is 857. The summed E-state index contributed by atoms with van der Waals surface area (Å²) in [5, 5.41) is 2.76. The highest BCUT2D eigenvalue weighted by atomic mass is 19.1. The van der Waals surface area contributed by atoms with Crippen LogP contribution in [-0.4, -0.2) is 22.5 Å². The van der Waals surface area contributed by atoms with Crippen LogP contribution >= 0.6 is 0 Å². The van der Waals surface area contributed by atoms with Gasteiger partial charge in [0, 0.05) is 24.0 Å². The number of carbonyl (C=O) groups is 1. The van der Waals surface area contributed by atoms with Gasteiger partial charge in [0.25, 0.3) is 0 Å². The van der Waals surface area contributed by atoms with Crippen LogP contribution in [0.25, 0.3) is 0 Å². The Morgan fingerprint density at radius 2 is 1.92 bits per heavy atom. The molecule has 0 fully saturated rings. The monoisotopic (exact) mass is 353 g/mol. The summed E-state index contributed by atoms with van der Waals surface area (Å²) >= 11 is 0. The summed E-state index contributed by atoms with van der Waals surface area (Å²) in [6.45, 7) is 0.157. The molecule has 1 N–H and O–H groups in total. The third-order valence-corrected chi connectivity index (χ3v) is 3.31. The molecule has 0 unspecified atom stereocenters. The van der Waals surface area contributed by atoms with Crippen LogP contribution in [0.3, 0.4) is 0 Å². The number of rotatable bonds is 7. The molecule has 3 rings (SSSR count). The molecule has 1 heterocycles. The number of benzene rings is 2. The molecule has 0 spiro atoms. The van der Waals surface area contributed by atoms with Crippen LogP contribution in [0, 0.1) is 5.82 Å². The molecule has 0 bridgehead atoms. The zero-order chi connectivity index (χ0) is 18.2. The summed E-state index contributed by atoms with van der Waals surface area (Å²) in [6.07, 6.45) is 3.13. The average molecular weight is 353 g/mol. The predicted octanol–water partition coefficient (Wildman–Crippen LogP) is 3.82. The van der Waals surface area contributed by atoms with Gasteiger partial charge in [-0.25, -0.2) is 14.4 Å². The first-order valence-electron chi connectivity index (χ1n) is 7.91. The molecule has 0 aliphatic rings. The second-order valence-electron chi connectivity index (χ2n) is 5.28. The second-order valence-corrected chi connectivity index (χ2v) is 5.28. The van der Waals surface area contributed by atoms with Gasteiger partial charge in [-0.1, -0.05) is 6.07 Å². The second kappa shape index (κ2) is 8.57. The molecule has 0 aliphatic heterocycles. The molecule has 1 amide bonds. The molecule has 2 aromatic carbocycles. The number of hydrogen-bond donors (Lipinski definition) is 1. The Kier molecular flexibility index (Phi) is 5.72. The molecule has 0 atom stereocenters. The molecule has 0 radical (unpaired) electrons. The molecule has 0 saturated heterocycles. The Balaban J connectivity index is 1.45. The number of aromatic nitrogens is 2. The van der Waals surface area contributed by atoms with Crippen molar-refractivity contribution in [3.05, 3.63) is 72.9 Å². The molecule has 0 saturated carbocycles. The molecule has 7 heteroatoms. The molecule has 26 heavy (non-hydrogen) atoms. The summed E-state index contributed by atoms with van der Waals surface area (Å²) in [6, 6.07) is 14.3. The van der Waals surface area contributed by atoms with Crippen LogP contribution in [0.15, 0.2) is 67.1 Å². The predicted molar refractivity (Wildman–Crippen MR) is 93.7 cm³/mol. The molecular weight excluding hydrogens is 337 g/mol. The summed E-state index contributed by atoms with van der Waals surface area (Å²) < 4.78 is 23.9. The third kappa shape index (κ3) is 5.27. The van der Waals surface area contributed by atoms with Crippen LogP contribution in [0.4, 0.5) is 10.1 Å². The molecular formula is C19H16FN3O3. The van der Waals surface area contributed by atoms with E-state index < -0.39 is 0 Å². The lowest BCUT2D eigenvalue weighted by atomic mass is 10.3. The van der Waals surface area contributed by atoms with E-state index in [9.17, 15) is 9.18 Å². The van der Waals surface area contributed by atoms with E-state index in [0.717, 1.165) is 0 Å². The van der Waals surface area contributed by atoms with Crippen LogP contribution in [0.2, 0.25) is 0 Å². The van der Waals surface area contributed by atoms with Crippen molar-refractivity contribution in [2.45, 2.75) is 6.42 Å². The van der Waals surface area contributed by atoms with E-state index >= 15 is 0 Å². The number of amides is 1. The van der Waals surface area contributed by atoms with Gasteiger partial charge in [0.15, 0.2) is 0 Å². The van der Waals surface area contributed by atoms with Crippen molar-refractivity contribution in [1.82, 2.24) is 9.97 Å². The molecule has 132 valence electrons. The van der Waals surface area contributed by atoms with Gasteiger partial charge in [0.05, 0.1) is 13.0 Å². The smallest absolute Gasteiger partial charge is 0.227 e. The number of ether oxygens (including phenoxy) is 2. The zero-order valence-electron chi connectivity index (χ0n) is 13.8. The van der Waals surface area contributed by atoms with Crippen molar-refractivity contribution in [3.8, 4) is 17.4 Å². The highest BCUT2D eigenvalue weighted by Crippen LogP contribution is 2.21. The topological polar surface area (TPSA) is 73.3 Å². The van der Waals surface area contributed by atoms with Gasteiger partial charge in [0.1, 0.15) is 23.6 Å². The highest BCUT2D eigenvalue weighted by Gasteiger charge is 2.05. The van der Waals surface area contributed by atoms with Gasteiger partial charge in [-0.05, 0) is 36.4 Å². The number of carbonyl (C=O) groups excluding carboxylic acids is 1. The van der Waals surface area contributed by atoms with Gasteiger partial charge < -0.3 is 14.8 Å². The molecule has 1 aromatic heterocycles. The van der Waals surface area contributed by atoms with Crippen LogP contribution in [-0.2, 0) is 4.79 Å². The van der Waals surface area contributed by atoms with Crippen molar-refractivity contribution in [1.29, 1.82) is 0 Å². The lowest BCUT2D eigenvalue weighted by molar-refractivity contribution is -0.116. The quantitative estimate of drug-likeness (QED) is 0.699. The van der Waals surface area contributed by atoms with E-state index in [1.54, 1.807) is 48.7 Å². The van der Waals surface area contributed by atoms with E-state index in [1.807, 2.05) is 0 Å². The van der Waals surface area contributed by atoms with E-state index in [-0.39, 0.29) is 24.8 Å². The van der Waals surface area contributed by atoms with Crippen molar-refractivity contribution >= 4 is 11.6 Å². The molecule has 6 nitrogen and oxygen atoms in total. The first kappa shape index (κ1) is 17.3. The van der Waals surface area contributed by atoms with E-state index in [1.165, 1.54) is 18.5 Å². The number of anilines is 1. The number of nitrogens with zero attached hydrogens (tertiary/aromatic N) is 2. The number of nitrogens with one attached hydrogen (secondary N) is 1. The Labute approximate surface area is 149 Å². The van der Waals surface area contributed by atoms with Gasteiger partial charge in [0.2, 0.25) is 11.8 Å². The molecule has 0 aliphatic carbocycles. The highest BCUT2D eigenvalue weighted by molar-refractivity contribution is 5.90. The third-order valence-electron chi connectivity index (χ3n) is 3.31. The maximum atomic E-state index is 13.0. The number of halogens is 1. The zero-order valence-corrected chi connectivity index (χ0v) is 13.8. The Hall–Kier alpha value is -3.48. The fourth-order valence-electron chi connectivity index (χ4n) is 2.11. The minimum atomic E-state index is -0.378. The van der Waals surface area contributed by atoms with Gasteiger partial charge in [-0.15, -0.1) is 0 Å².